The third-order valence-electron chi connectivity index (χ3n) is 2.99. The number of ketones is 1. The van der Waals surface area contributed by atoms with Crippen molar-refractivity contribution in [2.45, 2.75) is 5.51 Å². The van der Waals surface area contributed by atoms with E-state index in [1.54, 1.807) is 0 Å². The largest absolute Gasteiger partial charge is 0.534 e. The first-order valence-electron chi connectivity index (χ1n) is 6.56. The predicted molar refractivity (Wildman–Crippen MR) is 80.4 cm³/mol. The van der Waals surface area contributed by atoms with Crippen LogP contribution in [0.3, 0.4) is 0 Å². The first-order valence-corrected chi connectivity index (χ1v) is 7.97. The quantitative estimate of drug-likeness (QED) is 0.492. The Hall–Kier alpha value is -2.88. The molecular weight excluding hydrogens is 363 g/mol. The molecule has 0 aliphatic carbocycles. The van der Waals surface area contributed by atoms with Crippen LogP contribution in [0.4, 0.5) is 13.2 Å². The Morgan fingerprint density at radius 2 is 1.44 bits per heavy atom. The summed E-state index contributed by atoms with van der Waals surface area (Å²) in [7, 11) is -5.85. The maximum atomic E-state index is 12.4. The maximum absolute atomic E-state index is 12.4. The fraction of sp³-hybridized carbons (Fsp3) is 0.0667. The van der Waals surface area contributed by atoms with Gasteiger partial charge in [-0.2, -0.15) is 21.6 Å². The van der Waals surface area contributed by atoms with Crippen LogP contribution in [-0.4, -0.2) is 25.6 Å². The molecule has 0 fully saturated rings. The van der Waals surface area contributed by atoms with Gasteiger partial charge in [-0.1, -0.05) is 24.3 Å². The minimum atomic E-state index is -5.85. The number of hydrogen-bond donors (Lipinski definition) is 1. The summed E-state index contributed by atoms with van der Waals surface area (Å²) < 4.78 is 63.0. The van der Waals surface area contributed by atoms with Crippen LogP contribution in [-0.2, 0) is 10.1 Å². The van der Waals surface area contributed by atoms with E-state index in [1.165, 1.54) is 30.3 Å². The Kier molecular flexibility index (Phi) is 4.84. The summed E-state index contributed by atoms with van der Waals surface area (Å²) in [5.41, 5.74) is -0.495. The summed E-state index contributed by atoms with van der Waals surface area (Å²) in [6, 6.07) is 9.59. The number of primary amides is 1. The van der Waals surface area contributed by atoms with E-state index in [-0.39, 0.29) is 16.7 Å². The van der Waals surface area contributed by atoms with Gasteiger partial charge < -0.3 is 9.92 Å². The van der Waals surface area contributed by atoms with Gasteiger partial charge in [0.05, 0.1) is 0 Å². The second-order valence-electron chi connectivity index (χ2n) is 4.79. The molecule has 0 heterocycles. The molecule has 0 saturated heterocycles. The lowest BCUT2D eigenvalue weighted by Gasteiger charge is -2.10. The van der Waals surface area contributed by atoms with E-state index in [0.717, 1.165) is 18.2 Å². The molecule has 2 N–H and O–H groups in total. The van der Waals surface area contributed by atoms with E-state index in [1.807, 2.05) is 0 Å². The minimum Gasteiger partial charge on any atom is -0.376 e. The number of carbonyl (C=O) groups is 2. The summed E-state index contributed by atoms with van der Waals surface area (Å²) in [4.78, 5) is 23.5. The first kappa shape index (κ1) is 18.5. The van der Waals surface area contributed by atoms with Crippen molar-refractivity contribution in [3.63, 3.8) is 0 Å². The predicted octanol–water partition coefficient (Wildman–Crippen LogP) is 2.24. The Morgan fingerprint density at radius 3 is 2.00 bits per heavy atom. The van der Waals surface area contributed by atoms with E-state index in [9.17, 15) is 31.2 Å². The highest BCUT2D eigenvalue weighted by molar-refractivity contribution is 7.88. The normalized spacial score (nSPS) is 11.8. The lowest BCUT2D eigenvalue weighted by molar-refractivity contribution is -0.0500. The summed E-state index contributed by atoms with van der Waals surface area (Å²) in [6.07, 6.45) is 0. The SMILES string of the molecule is NC(=O)c1cccc(C(=O)c2cccc(OS(=O)(=O)C(F)(F)F)c2)c1. The van der Waals surface area contributed by atoms with Crippen LogP contribution in [0.15, 0.2) is 48.5 Å². The molecule has 2 aromatic rings. The number of hydrogen-bond acceptors (Lipinski definition) is 5. The Balaban J connectivity index is 2.34. The third-order valence-corrected chi connectivity index (χ3v) is 3.97. The number of nitrogens with two attached hydrogens (primary N) is 1. The number of amides is 1. The topological polar surface area (TPSA) is 104 Å². The summed E-state index contributed by atoms with van der Waals surface area (Å²) in [5.74, 6) is -2.09. The Bertz CT molecular complexity index is 938. The number of rotatable bonds is 5. The van der Waals surface area contributed by atoms with E-state index >= 15 is 0 Å². The minimum absolute atomic E-state index is 0.0483. The zero-order valence-corrected chi connectivity index (χ0v) is 13.1. The molecule has 1 amide bonds. The van der Waals surface area contributed by atoms with Gasteiger partial charge in [-0.3, -0.25) is 9.59 Å². The summed E-state index contributed by atoms with van der Waals surface area (Å²) in [6.45, 7) is 0. The number of benzene rings is 2. The highest BCUT2D eigenvalue weighted by Gasteiger charge is 2.48. The van der Waals surface area contributed by atoms with E-state index in [0.29, 0.717) is 0 Å². The fourth-order valence-electron chi connectivity index (χ4n) is 1.84. The van der Waals surface area contributed by atoms with Gasteiger partial charge in [-0.05, 0) is 24.3 Å². The molecule has 0 atom stereocenters. The van der Waals surface area contributed by atoms with Gasteiger partial charge >= 0.3 is 15.6 Å². The van der Waals surface area contributed by atoms with E-state index < -0.39 is 33.1 Å². The number of alkyl halides is 3. The van der Waals surface area contributed by atoms with Gasteiger partial charge in [0.25, 0.3) is 0 Å². The zero-order valence-electron chi connectivity index (χ0n) is 12.3. The highest BCUT2D eigenvalue weighted by atomic mass is 32.2. The van der Waals surface area contributed by atoms with Crippen molar-refractivity contribution < 1.29 is 35.4 Å². The van der Waals surface area contributed by atoms with Crippen LogP contribution in [0.2, 0.25) is 0 Å². The van der Waals surface area contributed by atoms with Crippen molar-refractivity contribution >= 4 is 21.8 Å². The Morgan fingerprint density at radius 1 is 0.920 bits per heavy atom. The van der Waals surface area contributed by atoms with E-state index in [4.69, 9.17) is 5.73 Å². The second kappa shape index (κ2) is 6.55. The van der Waals surface area contributed by atoms with Gasteiger partial charge in [0, 0.05) is 16.7 Å². The number of halogens is 3. The molecule has 10 heteroatoms. The van der Waals surface area contributed by atoms with Crippen molar-refractivity contribution in [3.05, 3.63) is 65.2 Å². The molecule has 0 aromatic heterocycles. The van der Waals surface area contributed by atoms with Crippen LogP contribution < -0.4 is 9.92 Å². The molecule has 132 valence electrons. The van der Waals surface area contributed by atoms with Crippen LogP contribution in [0.1, 0.15) is 26.3 Å². The molecule has 6 nitrogen and oxygen atoms in total. The first-order chi connectivity index (χ1) is 11.5. The molecule has 2 aromatic carbocycles. The zero-order chi connectivity index (χ0) is 18.8. The monoisotopic (exact) mass is 373 g/mol. The molecule has 0 spiro atoms. The van der Waals surface area contributed by atoms with Gasteiger partial charge in [0.1, 0.15) is 5.75 Å². The molecular formula is C15H10F3NO5S. The standard InChI is InChI=1S/C15H10F3NO5S/c16-15(17,18)25(22,23)24-12-6-2-4-10(8-12)13(20)9-3-1-5-11(7-9)14(19)21/h1-8H,(H2,19,21). The fourth-order valence-corrected chi connectivity index (χ4v) is 2.29. The average molecular weight is 373 g/mol. The molecule has 0 radical (unpaired) electrons. The van der Waals surface area contributed by atoms with Gasteiger partial charge in [-0.15, -0.1) is 0 Å². The van der Waals surface area contributed by atoms with Crippen LogP contribution >= 0.6 is 0 Å². The number of carbonyl (C=O) groups excluding carboxylic acids is 2. The molecule has 2 rings (SSSR count). The van der Waals surface area contributed by atoms with Gasteiger partial charge in [0.2, 0.25) is 5.91 Å². The van der Waals surface area contributed by atoms with E-state index in [2.05, 4.69) is 4.18 Å². The molecule has 0 unspecified atom stereocenters. The van der Waals surface area contributed by atoms with Crippen molar-refractivity contribution in [2.75, 3.05) is 0 Å². The third kappa shape index (κ3) is 4.15. The van der Waals surface area contributed by atoms with Crippen molar-refractivity contribution in [1.82, 2.24) is 0 Å². The Labute approximate surface area is 140 Å². The molecule has 0 saturated carbocycles. The van der Waals surface area contributed by atoms with Crippen LogP contribution in [0, 0.1) is 0 Å². The molecule has 0 aliphatic heterocycles. The highest BCUT2D eigenvalue weighted by Crippen LogP contribution is 2.27. The average Bonchev–Trinajstić information content (AvgIpc) is 2.53. The second-order valence-corrected chi connectivity index (χ2v) is 6.32. The van der Waals surface area contributed by atoms with Crippen LogP contribution in [0.5, 0.6) is 5.75 Å². The molecule has 25 heavy (non-hydrogen) atoms. The summed E-state index contributed by atoms with van der Waals surface area (Å²) in [5, 5.41) is 0. The summed E-state index contributed by atoms with van der Waals surface area (Å²) >= 11 is 0. The van der Waals surface area contributed by atoms with Crippen molar-refractivity contribution in [3.8, 4) is 5.75 Å². The van der Waals surface area contributed by atoms with Crippen molar-refractivity contribution in [2.24, 2.45) is 5.73 Å². The maximum Gasteiger partial charge on any atom is 0.534 e. The lowest BCUT2D eigenvalue weighted by atomic mass is 10.0. The van der Waals surface area contributed by atoms with Gasteiger partial charge in [-0.25, -0.2) is 0 Å². The lowest BCUT2D eigenvalue weighted by Crippen LogP contribution is -2.28. The molecule has 0 aliphatic rings. The molecule has 0 bridgehead atoms. The van der Waals surface area contributed by atoms with Crippen LogP contribution in [0.25, 0.3) is 0 Å². The smallest absolute Gasteiger partial charge is 0.376 e. The van der Waals surface area contributed by atoms with Crippen molar-refractivity contribution in [1.29, 1.82) is 0 Å². The van der Waals surface area contributed by atoms with Gasteiger partial charge in [0.15, 0.2) is 5.78 Å².